The van der Waals surface area contributed by atoms with E-state index in [0.29, 0.717) is 6.54 Å². The highest BCUT2D eigenvalue weighted by molar-refractivity contribution is 7.15. The topological polar surface area (TPSA) is 78.4 Å². The van der Waals surface area contributed by atoms with Crippen molar-refractivity contribution in [3.05, 3.63) is 40.7 Å². The number of nitrogens with zero attached hydrogens (tertiary/aromatic N) is 4. The molecule has 1 fully saturated rings. The predicted molar refractivity (Wildman–Crippen MR) is 122 cm³/mol. The molecule has 7 nitrogen and oxygen atoms in total. The molecule has 2 aliphatic rings. The highest BCUT2D eigenvalue weighted by Crippen LogP contribution is 2.34. The van der Waals surface area contributed by atoms with Crippen LogP contribution in [0.2, 0.25) is 0 Å². The number of hydrogen-bond donors (Lipinski definition) is 1. The summed E-state index contributed by atoms with van der Waals surface area (Å²) in [5, 5.41) is 4.14. The van der Waals surface area contributed by atoms with Crippen molar-refractivity contribution in [3.8, 4) is 0 Å². The third-order valence-corrected chi connectivity index (χ3v) is 7.27. The molecule has 1 N–H and O–H groups in total. The lowest BCUT2D eigenvalue weighted by Crippen LogP contribution is -2.49. The maximum absolute atomic E-state index is 12.7. The minimum absolute atomic E-state index is 0.0233. The first-order valence-electron chi connectivity index (χ1n) is 11.2. The second kappa shape index (κ2) is 9.77. The lowest BCUT2D eigenvalue weighted by atomic mass is 9.90. The minimum Gasteiger partial charge on any atom is -0.356 e. The van der Waals surface area contributed by atoms with Gasteiger partial charge in [-0.3, -0.25) is 14.6 Å². The minimum atomic E-state index is 0.0233. The summed E-state index contributed by atoms with van der Waals surface area (Å²) >= 11 is 1.72. The van der Waals surface area contributed by atoms with E-state index in [1.807, 2.05) is 37.1 Å². The summed E-state index contributed by atoms with van der Waals surface area (Å²) in [6.07, 6.45) is 6.89. The number of anilines is 1. The Morgan fingerprint density at radius 2 is 2.06 bits per heavy atom. The van der Waals surface area contributed by atoms with Crippen molar-refractivity contribution in [3.63, 3.8) is 0 Å². The van der Waals surface area contributed by atoms with Crippen molar-refractivity contribution in [2.75, 3.05) is 37.6 Å². The molecular weight excluding hydrogens is 410 g/mol. The molecule has 0 bridgehead atoms. The highest BCUT2D eigenvalue weighted by Gasteiger charge is 2.30. The zero-order chi connectivity index (χ0) is 21.8. The van der Waals surface area contributed by atoms with Crippen LogP contribution in [0.3, 0.4) is 0 Å². The van der Waals surface area contributed by atoms with Gasteiger partial charge in [0.15, 0.2) is 5.13 Å². The zero-order valence-electron chi connectivity index (χ0n) is 18.3. The largest absolute Gasteiger partial charge is 0.356 e. The summed E-state index contributed by atoms with van der Waals surface area (Å²) in [7, 11) is 0. The number of thiazole rings is 1. The number of carbonyl (C=O) groups is 2. The molecule has 0 saturated carbocycles. The van der Waals surface area contributed by atoms with Crippen molar-refractivity contribution >= 4 is 28.3 Å². The van der Waals surface area contributed by atoms with Crippen LogP contribution in [0.4, 0.5) is 5.13 Å². The maximum atomic E-state index is 12.7. The summed E-state index contributed by atoms with van der Waals surface area (Å²) in [6, 6.07) is 3.95. The van der Waals surface area contributed by atoms with E-state index in [9.17, 15) is 9.59 Å². The van der Waals surface area contributed by atoms with Gasteiger partial charge in [-0.05, 0) is 37.3 Å². The van der Waals surface area contributed by atoms with Gasteiger partial charge in [0.05, 0.1) is 5.69 Å². The summed E-state index contributed by atoms with van der Waals surface area (Å²) in [5.74, 6) is 0.446. The Labute approximate surface area is 187 Å². The third-order valence-electron chi connectivity index (χ3n) is 6.09. The summed E-state index contributed by atoms with van der Waals surface area (Å²) in [6.45, 7) is 7.70. The number of rotatable bonds is 6. The van der Waals surface area contributed by atoms with Crippen molar-refractivity contribution in [2.24, 2.45) is 11.8 Å². The van der Waals surface area contributed by atoms with Gasteiger partial charge >= 0.3 is 0 Å². The molecule has 8 heteroatoms. The van der Waals surface area contributed by atoms with Gasteiger partial charge in [0.25, 0.3) is 0 Å². The smallest absolute Gasteiger partial charge is 0.225 e. The SMILES string of the molecule is CC(C)C(=O)N1CCN(c2nc3c(s2)CC(C(=O)NCCc2cccnc2)CC3)CC1. The molecule has 166 valence electrons. The molecule has 0 spiro atoms. The Morgan fingerprint density at radius 3 is 2.77 bits per heavy atom. The number of carbonyl (C=O) groups excluding carboxylic acids is 2. The van der Waals surface area contributed by atoms with E-state index in [4.69, 9.17) is 4.98 Å². The van der Waals surface area contributed by atoms with Gasteiger partial charge in [0.1, 0.15) is 0 Å². The second-order valence-electron chi connectivity index (χ2n) is 8.68. The van der Waals surface area contributed by atoms with Crippen LogP contribution in [0.5, 0.6) is 0 Å². The Hall–Kier alpha value is -2.48. The molecule has 1 saturated heterocycles. The lowest BCUT2D eigenvalue weighted by Gasteiger charge is -2.35. The molecule has 2 aromatic heterocycles. The van der Waals surface area contributed by atoms with Crippen LogP contribution in [0.1, 0.15) is 36.4 Å². The van der Waals surface area contributed by atoms with Crippen LogP contribution in [-0.4, -0.2) is 59.4 Å². The van der Waals surface area contributed by atoms with Gasteiger partial charge in [-0.25, -0.2) is 4.98 Å². The van der Waals surface area contributed by atoms with Crippen LogP contribution in [-0.2, 0) is 28.9 Å². The van der Waals surface area contributed by atoms with E-state index in [1.54, 1.807) is 17.5 Å². The molecule has 2 aromatic rings. The molecule has 1 aliphatic carbocycles. The van der Waals surface area contributed by atoms with E-state index in [0.717, 1.165) is 68.3 Å². The zero-order valence-corrected chi connectivity index (χ0v) is 19.2. The molecule has 4 rings (SSSR count). The number of nitrogens with one attached hydrogen (secondary N) is 1. The molecule has 1 atom stereocenters. The van der Waals surface area contributed by atoms with Gasteiger partial charge in [0.2, 0.25) is 11.8 Å². The van der Waals surface area contributed by atoms with E-state index >= 15 is 0 Å². The standard InChI is InChI=1S/C23H31N5O2S/c1-16(2)22(30)27-10-12-28(13-11-27)23-26-19-6-5-18(14-20(19)31-23)21(29)25-9-7-17-4-3-8-24-15-17/h3-4,8,15-16,18H,5-7,9-14H2,1-2H3,(H,25,29). The van der Waals surface area contributed by atoms with Crippen LogP contribution in [0.25, 0.3) is 0 Å². The number of fused-ring (bicyclic) bond motifs is 1. The van der Waals surface area contributed by atoms with Gasteiger partial charge in [-0.2, -0.15) is 0 Å². The summed E-state index contributed by atoms with van der Waals surface area (Å²) < 4.78 is 0. The van der Waals surface area contributed by atoms with Crippen molar-refractivity contribution in [2.45, 2.75) is 39.5 Å². The first-order chi connectivity index (χ1) is 15.0. The molecule has 1 unspecified atom stereocenters. The number of hydrogen-bond acceptors (Lipinski definition) is 6. The number of pyridine rings is 1. The average Bonchev–Trinajstić information content (AvgIpc) is 3.22. The Morgan fingerprint density at radius 1 is 1.26 bits per heavy atom. The average molecular weight is 442 g/mol. The fraction of sp³-hybridized carbons (Fsp3) is 0.565. The fourth-order valence-electron chi connectivity index (χ4n) is 4.22. The molecule has 2 amide bonds. The van der Waals surface area contributed by atoms with Crippen molar-refractivity contribution < 1.29 is 9.59 Å². The fourth-order valence-corrected chi connectivity index (χ4v) is 5.46. The van der Waals surface area contributed by atoms with E-state index in [-0.39, 0.29) is 23.7 Å². The first kappa shape index (κ1) is 21.7. The summed E-state index contributed by atoms with van der Waals surface area (Å²) in [4.78, 5) is 39.4. The normalized spacial score (nSPS) is 18.7. The number of piperazine rings is 1. The summed E-state index contributed by atoms with van der Waals surface area (Å²) in [5.41, 5.74) is 2.29. The Bertz CT molecular complexity index is 906. The van der Waals surface area contributed by atoms with Gasteiger partial charge in [-0.1, -0.05) is 19.9 Å². The molecule has 1 aliphatic heterocycles. The monoisotopic (exact) mass is 441 g/mol. The van der Waals surface area contributed by atoms with Crippen LogP contribution in [0, 0.1) is 11.8 Å². The van der Waals surface area contributed by atoms with Crippen LogP contribution in [0.15, 0.2) is 24.5 Å². The quantitative estimate of drug-likeness (QED) is 0.744. The number of aryl methyl sites for hydroxylation is 1. The molecule has 3 heterocycles. The Kier molecular flexibility index (Phi) is 6.85. The van der Waals surface area contributed by atoms with Gasteiger partial charge < -0.3 is 15.1 Å². The maximum Gasteiger partial charge on any atom is 0.225 e. The number of aromatic nitrogens is 2. The molecule has 0 radical (unpaired) electrons. The second-order valence-corrected chi connectivity index (χ2v) is 9.74. The predicted octanol–water partition coefficient (Wildman–Crippen LogP) is 2.31. The third kappa shape index (κ3) is 5.23. The molecule has 31 heavy (non-hydrogen) atoms. The first-order valence-corrected chi connectivity index (χ1v) is 12.0. The van der Waals surface area contributed by atoms with Crippen molar-refractivity contribution in [1.82, 2.24) is 20.2 Å². The molecular formula is C23H31N5O2S. The van der Waals surface area contributed by atoms with Gasteiger partial charge in [0, 0.05) is 61.8 Å². The molecule has 0 aromatic carbocycles. The van der Waals surface area contributed by atoms with E-state index in [2.05, 4.69) is 15.2 Å². The van der Waals surface area contributed by atoms with Gasteiger partial charge in [-0.15, -0.1) is 11.3 Å². The lowest BCUT2D eigenvalue weighted by molar-refractivity contribution is -0.134. The van der Waals surface area contributed by atoms with Crippen molar-refractivity contribution in [1.29, 1.82) is 0 Å². The van der Waals surface area contributed by atoms with Crippen LogP contribution < -0.4 is 10.2 Å². The van der Waals surface area contributed by atoms with E-state index in [1.165, 1.54) is 4.88 Å². The van der Waals surface area contributed by atoms with E-state index < -0.39 is 0 Å². The highest BCUT2D eigenvalue weighted by atomic mass is 32.1. The Balaban J connectivity index is 1.28. The number of amides is 2. The van der Waals surface area contributed by atoms with Crippen LogP contribution >= 0.6 is 11.3 Å².